The highest BCUT2D eigenvalue weighted by Crippen LogP contribution is 2.39. The lowest BCUT2D eigenvalue weighted by Gasteiger charge is -2.35. The van der Waals surface area contributed by atoms with Crippen LogP contribution in [0, 0.1) is 6.92 Å². The van der Waals surface area contributed by atoms with Crippen LogP contribution in [0.25, 0.3) is 0 Å². The number of hydrogen-bond donors (Lipinski definition) is 0. The fourth-order valence-corrected chi connectivity index (χ4v) is 6.04. The molecule has 1 atom stereocenters. The van der Waals surface area contributed by atoms with Crippen LogP contribution in [0.15, 0.2) is 90.1 Å². The molecule has 3 aromatic carbocycles. The second kappa shape index (κ2) is 13.2. The third-order valence-electron chi connectivity index (χ3n) is 8.31. The van der Waals surface area contributed by atoms with Crippen LogP contribution in [0.5, 0.6) is 0 Å². The van der Waals surface area contributed by atoms with Crippen LogP contribution in [0.3, 0.4) is 0 Å². The van der Waals surface area contributed by atoms with Crippen molar-refractivity contribution in [3.8, 4) is 0 Å². The highest BCUT2D eigenvalue weighted by molar-refractivity contribution is 5.96. The van der Waals surface area contributed by atoms with Gasteiger partial charge in [-0.25, -0.2) is 4.79 Å². The molecule has 5 rings (SSSR count). The lowest BCUT2D eigenvalue weighted by Crippen LogP contribution is -2.48. The second-order valence-corrected chi connectivity index (χ2v) is 11.1. The first-order valence-corrected chi connectivity index (χ1v) is 14.7. The number of ether oxygens (including phenoxy) is 1. The van der Waals surface area contributed by atoms with Gasteiger partial charge in [-0.2, -0.15) is 0 Å². The molecule has 0 radical (unpaired) electrons. The van der Waals surface area contributed by atoms with Crippen molar-refractivity contribution in [3.63, 3.8) is 0 Å². The van der Waals surface area contributed by atoms with Crippen molar-refractivity contribution >= 4 is 17.8 Å². The Morgan fingerprint density at radius 1 is 0.833 bits per heavy atom. The average Bonchev–Trinajstić information content (AvgIpc) is 3.00. The van der Waals surface area contributed by atoms with Crippen molar-refractivity contribution in [2.24, 2.45) is 0 Å². The third kappa shape index (κ3) is 6.47. The van der Waals surface area contributed by atoms with Crippen molar-refractivity contribution in [2.75, 3.05) is 32.8 Å². The van der Waals surface area contributed by atoms with Gasteiger partial charge in [0.15, 0.2) is 0 Å². The number of amides is 2. The molecule has 2 heterocycles. The Kier molecular flexibility index (Phi) is 9.18. The smallest absolute Gasteiger partial charge is 0.336 e. The zero-order valence-corrected chi connectivity index (χ0v) is 24.7. The molecule has 2 aliphatic heterocycles. The Hall–Kier alpha value is -4.23. The maximum absolute atomic E-state index is 13.5. The molecule has 1 unspecified atom stereocenters. The number of aryl methyl sites for hydroxylation is 1. The van der Waals surface area contributed by atoms with E-state index in [9.17, 15) is 14.4 Å². The first-order chi connectivity index (χ1) is 20.4. The highest BCUT2D eigenvalue weighted by atomic mass is 16.5. The largest absolute Gasteiger partial charge is 0.463 e. The maximum Gasteiger partial charge on any atom is 0.336 e. The molecule has 2 aliphatic rings. The first kappa shape index (κ1) is 29.3. The maximum atomic E-state index is 13.5. The fraction of sp³-hybridized carbons (Fsp3) is 0.343. The summed E-state index contributed by atoms with van der Waals surface area (Å²) in [5.74, 6) is -0.807. The topological polar surface area (TPSA) is 70.2 Å². The zero-order valence-electron chi connectivity index (χ0n) is 24.7. The van der Waals surface area contributed by atoms with E-state index >= 15 is 0 Å². The number of esters is 1. The first-order valence-electron chi connectivity index (χ1n) is 14.7. The van der Waals surface area contributed by atoms with Crippen molar-refractivity contribution < 1.29 is 19.1 Å². The van der Waals surface area contributed by atoms with E-state index in [1.807, 2.05) is 73.3 Å². The number of piperazine rings is 1. The molecule has 0 spiro atoms. The number of hydrogen-bond acceptors (Lipinski definition) is 5. The summed E-state index contributed by atoms with van der Waals surface area (Å²) in [5, 5.41) is 0. The molecule has 0 N–H and O–H groups in total. The number of nitrogens with zero attached hydrogens (tertiary/aromatic N) is 3. The van der Waals surface area contributed by atoms with E-state index in [2.05, 4.69) is 29.2 Å². The Bertz CT molecular complexity index is 1470. The molecular formula is C35H39N3O4. The van der Waals surface area contributed by atoms with Gasteiger partial charge in [-0.15, -0.1) is 0 Å². The normalized spacial score (nSPS) is 17.9. The van der Waals surface area contributed by atoms with Crippen molar-refractivity contribution in [3.05, 3.63) is 118 Å². The molecule has 2 amide bonds. The lowest BCUT2D eigenvalue weighted by molar-refractivity contribution is -0.140. The molecule has 0 aliphatic carbocycles. The second-order valence-electron chi connectivity index (χ2n) is 11.1. The lowest BCUT2D eigenvalue weighted by atomic mass is 9.81. The van der Waals surface area contributed by atoms with Gasteiger partial charge in [0.25, 0.3) is 5.91 Å². The van der Waals surface area contributed by atoms with Gasteiger partial charge in [0, 0.05) is 56.3 Å². The van der Waals surface area contributed by atoms with Crippen molar-refractivity contribution in [1.29, 1.82) is 0 Å². The van der Waals surface area contributed by atoms with Crippen LogP contribution in [0.1, 0.15) is 58.8 Å². The minimum atomic E-state index is -0.393. The van der Waals surface area contributed by atoms with Gasteiger partial charge in [-0.05, 0) is 55.2 Å². The van der Waals surface area contributed by atoms with Crippen LogP contribution in [-0.2, 0) is 27.4 Å². The molecular weight excluding hydrogens is 526 g/mol. The van der Waals surface area contributed by atoms with E-state index in [1.165, 1.54) is 5.56 Å². The number of carbonyl (C=O) groups is 3. The molecule has 7 nitrogen and oxygen atoms in total. The van der Waals surface area contributed by atoms with Gasteiger partial charge in [0.1, 0.15) is 0 Å². The van der Waals surface area contributed by atoms with Gasteiger partial charge in [-0.3, -0.25) is 14.5 Å². The van der Waals surface area contributed by atoms with E-state index < -0.39 is 5.97 Å². The van der Waals surface area contributed by atoms with Gasteiger partial charge >= 0.3 is 5.97 Å². The van der Waals surface area contributed by atoms with Gasteiger partial charge in [0.2, 0.25) is 5.91 Å². The van der Waals surface area contributed by atoms with Gasteiger partial charge < -0.3 is 14.5 Å². The molecule has 3 aromatic rings. The monoisotopic (exact) mass is 565 g/mol. The summed E-state index contributed by atoms with van der Waals surface area (Å²) in [6, 6.07) is 25.7. The molecule has 7 heteroatoms. The van der Waals surface area contributed by atoms with Crippen LogP contribution < -0.4 is 0 Å². The van der Waals surface area contributed by atoms with E-state index in [0.29, 0.717) is 29.9 Å². The predicted octanol–water partition coefficient (Wildman–Crippen LogP) is 5.31. The van der Waals surface area contributed by atoms with Crippen LogP contribution in [-0.4, -0.2) is 65.3 Å². The minimum absolute atomic E-state index is 0.000255. The Balaban J connectivity index is 1.31. The summed E-state index contributed by atoms with van der Waals surface area (Å²) >= 11 is 0. The molecule has 1 fully saturated rings. The minimum Gasteiger partial charge on any atom is -0.463 e. The summed E-state index contributed by atoms with van der Waals surface area (Å²) in [5.41, 5.74) is 5.84. The summed E-state index contributed by atoms with van der Waals surface area (Å²) in [7, 11) is 0. The summed E-state index contributed by atoms with van der Waals surface area (Å²) < 4.78 is 5.45. The Morgan fingerprint density at radius 3 is 2.24 bits per heavy atom. The third-order valence-corrected chi connectivity index (χ3v) is 8.31. The summed E-state index contributed by atoms with van der Waals surface area (Å²) in [6.45, 7) is 10.0. The Labute approximate surface area is 248 Å². The van der Waals surface area contributed by atoms with E-state index in [-0.39, 0.29) is 37.3 Å². The number of allylic oxidation sites excluding steroid dienone is 1. The number of rotatable bonds is 8. The van der Waals surface area contributed by atoms with Crippen LogP contribution in [0.2, 0.25) is 0 Å². The van der Waals surface area contributed by atoms with Crippen molar-refractivity contribution in [2.45, 2.75) is 46.2 Å². The van der Waals surface area contributed by atoms with Crippen LogP contribution >= 0.6 is 0 Å². The molecule has 0 aromatic heterocycles. The van der Waals surface area contributed by atoms with Gasteiger partial charge in [0.05, 0.1) is 18.7 Å². The molecule has 1 saturated heterocycles. The number of benzene rings is 3. The number of carbonyl (C=O) groups excluding carboxylic acids is 3. The van der Waals surface area contributed by atoms with E-state index in [4.69, 9.17) is 4.74 Å². The van der Waals surface area contributed by atoms with Gasteiger partial charge in [-0.1, -0.05) is 66.7 Å². The average molecular weight is 566 g/mol. The summed E-state index contributed by atoms with van der Waals surface area (Å²) in [6.07, 6.45) is 0.183. The summed E-state index contributed by atoms with van der Waals surface area (Å²) in [4.78, 5) is 46.1. The predicted molar refractivity (Wildman–Crippen MR) is 162 cm³/mol. The molecule has 0 saturated carbocycles. The quantitative estimate of drug-likeness (QED) is 0.347. The molecule has 0 bridgehead atoms. The van der Waals surface area contributed by atoms with Crippen LogP contribution in [0.4, 0.5) is 0 Å². The molecule has 218 valence electrons. The SMILES string of the molecule is CCOC(=O)C1=C(C)N(Cc2cccc(C(=O)N3CCN(Cc4ccccc4)CC3)c2)C(=O)CC1c1ccccc1C. The molecule has 42 heavy (non-hydrogen) atoms. The zero-order chi connectivity index (χ0) is 29.6. The highest BCUT2D eigenvalue weighted by Gasteiger charge is 2.37. The van der Waals surface area contributed by atoms with E-state index in [0.717, 1.165) is 36.3 Å². The van der Waals surface area contributed by atoms with E-state index in [1.54, 1.807) is 11.8 Å². The van der Waals surface area contributed by atoms with Crippen molar-refractivity contribution in [1.82, 2.24) is 14.7 Å². The Morgan fingerprint density at radius 2 is 1.52 bits per heavy atom. The fourth-order valence-electron chi connectivity index (χ4n) is 6.04. The standard InChI is InChI=1S/C35H39N3O4/c1-4-42-35(41)33-26(3)38(32(39)22-31(33)30-16-9-8-11-25(30)2)24-28-14-10-15-29(21-28)34(40)37-19-17-36(18-20-37)23-27-12-6-5-7-13-27/h5-16,21,31H,4,17-20,22-24H2,1-3H3.